The third kappa shape index (κ3) is 7.96. The highest BCUT2D eigenvalue weighted by molar-refractivity contribution is 7.99. The van der Waals surface area contributed by atoms with Gasteiger partial charge in [-0.15, -0.1) is 10.2 Å². The minimum Gasteiger partial charge on any atom is -0.339 e. The van der Waals surface area contributed by atoms with E-state index in [0.717, 1.165) is 47.2 Å². The molecule has 1 fully saturated rings. The van der Waals surface area contributed by atoms with Crippen LogP contribution in [0.25, 0.3) is 5.69 Å². The first-order valence-electron chi connectivity index (χ1n) is 14.8. The fourth-order valence-corrected chi connectivity index (χ4v) is 6.23. The van der Waals surface area contributed by atoms with Crippen LogP contribution in [0.5, 0.6) is 0 Å². The number of carbonyl (C=O) groups is 2. The first kappa shape index (κ1) is 29.8. The van der Waals surface area contributed by atoms with Crippen molar-refractivity contribution in [1.82, 2.24) is 24.6 Å². The highest BCUT2D eigenvalue weighted by Crippen LogP contribution is 2.23. The Morgan fingerprint density at radius 3 is 2.42 bits per heavy atom. The monoisotopic (exact) mass is 561 g/mol. The van der Waals surface area contributed by atoms with Gasteiger partial charge in [0, 0.05) is 49.1 Å². The fourth-order valence-electron chi connectivity index (χ4n) is 5.23. The number of carbonyl (C=O) groups excluding carboxylic acids is 2. The van der Waals surface area contributed by atoms with E-state index in [1.807, 2.05) is 54.0 Å². The van der Waals surface area contributed by atoms with Gasteiger partial charge in [0.15, 0.2) is 5.16 Å². The van der Waals surface area contributed by atoms with Crippen molar-refractivity contribution in [3.63, 3.8) is 0 Å². The molecule has 8 heteroatoms. The Hall–Kier alpha value is -3.13. The zero-order chi connectivity index (χ0) is 28.3. The molecule has 1 saturated heterocycles. The molecule has 0 bridgehead atoms. The molecule has 4 rings (SSSR count). The quantitative estimate of drug-likeness (QED) is 0.180. The Balaban J connectivity index is 1.18. The molecule has 0 radical (unpaired) electrons. The van der Waals surface area contributed by atoms with Crippen LogP contribution in [0.2, 0.25) is 0 Å². The molecule has 1 atom stereocenters. The van der Waals surface area contributed by atoms with Gasteiger partial charge in [-0.1, -0.05) is 68.3 Å². The maximum Gasteiger partial charge on any atom is 0.254 e. The van der Waals surface area contributed by atoms with Crippen molar-refractivity contribution in [2.45, 2.75) is 83.3 Å². The van der Waals surface area contributed by atoms with Gasteiger partial charge in [0.25, 0.3) is 5.91 Å². The molecular formula is C32H43N5O2S. The van der Waals surface area contributed by atoms with Crippen molar-refractivity contribution in [2.75, 3.05) is 25.4 Å². The Bertz CT molecular complexity index is 1230. The number of aryl methyl sites for hydroxylation is 2. The van der Waals surface area contributed by atoms with E-state index >= 15 is 0 Å². The number of piperazine rings is 1. The number of aromatic nitrogens is 3. The van der Waals surface area contributed by atoms with Gasteiger partial charge in [-0.3, -0.25) is 14.2 Å². The molecule has 2 amide bonds. The second-order valence-corrected chi connectivity index (χ2v) is 11.8. The predicted octanol–water partition coefficient (Wildman–Crippen LogP) is 6.33. The minimum absolute atomic E-state index is 0.00191. The zero-order valence-corrected chi connectivity index (χ0v) is 25.0. The zero-order valence-electron chi connectivity index (χ0n) is 24.2. The van der Waals surface area contributed by atoms with Gasteiger partial charge in [-0.05, 0) is 69.4 Å². The van der Waals surface area contributed by atoms with Gasteiger partial charge in [0.2, 0.25) is 5.91 Å². The van der Waals surface area contributed by atoms with E-state index in [0.29, 0.717) is 26.1 Å². The number of unbranched alkanes of at least 4 members (excludes halogenated alkanes) is 4. The summed E-state index contributed by atoms with van der Waals surface area (Å²) in [5, 5.41) is 9.47. The number of hydrogen-bond acceptors (Lipinski definition) is 5. The lowest BCUT2D eigenvalue weighted by Crippen LogP contribution is -2.55. The molecule has 0 spiro atoms. The molecule has 1 aliphatic heterocycles. The van der Waals surface area contributed by atoms with Gasteiger partial charge in [0.05, 0.1) is 0 Å². The van der Waals surface area contributed by atoms with E-state index in [-0.39, 0.29) is 17.9 Å². The van der Waals surface area contributed by atoms with Gasteiger partial charge >= 0.3 is 0 Å². The highest BCUT2D eigenvalue weighted by Gasteiger charge is 2.30. The Kier molecular flexibility index (Phi) is 11.2. The number of para-hydroxylation sites is 1. The molecular weight excluding hydrogens is 518 g/mol. The van der Waals surface area contributed by atoms with Crippen molar-refractivity contribution >= 4 is 23.6 Å². The lowest BCUT2D eigenvalue weighted by molar-refractivity contribution is -0.133. The van der Waals surface area contributed by atoms with Crippen molar-refractivity contribution in [1.29, 1.82) is 0 Å². The first-order valence-corrected chi connectivity index (χ1v) is 15.7. The Morgan fingerprint density at radius 1 is 0.925 bits per heavy atom. The number of nitrogens with zero attached hydrogens (tertiary/aromatic N) is 5. The summed E-state index contributed by atoms with van der Waals surface area (Å²) in [7, 11) is 0. The molecule has 7 nitrogen and oxygen atoms in total. The second-order valence-electron chi connectivity index (χ2n) is 10.7. The van der Waals surface area contributed by atoms with Crippen LogP contribution in [-0.4, -0.2) is 67.8 Å². The topological polar surface area (TPSA) is 71.3 Å². The standard InChI is InChI=1S/C32H43N5O2S/c1-4-5-6-8-13-27-17-19-28(20-18-27)31(39)36-22-21-35(24-25(36)2)30(38)16-11-12-23-40-32-34-33-26(3)37(32)29-14-9-7-10-15-29/h7,9-10,14-15,17-20,25H,4-6,8,11-13,16,21-24H2,1-3H3. The van der Waals surface area contributed by atoms with Crippen LogP contribution in [0.1, 0.15) is 80.5 Å². The molecule has 1 aromatic heterocycles. The fraction of sp³-hybridized carbons (Fsp3) is 0.500. The lowest BCUT2D eigenvalue weighted by atomic mass is 10.0. The average molecular weight is 562 g/mol. The summed E-state index contributed by atoms with van der Waals surface area (Å²) in [6, 6.07) is 18.2. The van der Waals surface area contributed by atoms with Gasteiger partial charge in [-0.25, -0.2) is 0 Å². The van der Waals surface area contributed by atoms with Crippen LogP contribution in [0, 0.1) is 6.92 Å². The molecule has 0 saturated carbocycles. The number of thioether (sulfide) groups is 1. The van der Waals surface area contributed by atoms with Crippen molar-refractivity contribution < 1.29 is 9.59 Å². The highest BCUT2D eigenvalue weighted by atomic mass is 32.2. The molecule has 2 heterocycles. The van der Waals surface area contributed by atoms with Crippen molar-refractivity contribution in [3.05, 3.63) is 71.5 Å². The normalized spacial score (nSPS) is 15.4. The molecule has 3 aromatic rings. The Morgan fingerprint density at radius 2 is 1.70 bits per heavy atom. The smallest absolute Gasteiger partial charge is 0.254 e. The second kappa shape index (κ2) is 15.0. The maximum atomic E-state index is 13.2. The predicted molar refractivity (Wildman–Crippen MR) is 162 cm³/mol. The van der Waals surface area contributed by atoms with Crippen molar-refractivity contribution in [3.8, 4) is 5.69 Å². The minimum atomic E-state index is 0.00191. The maximum absolute atomic E-state index is 13.2. The van der Waals surface area contributed by atoms with Gasteiger partial charge in [-0.2, -0.15) is 0 Å². The van der Waals surface area contributed by atoms with E-state index in [9.17, 15) is 9.59 Å². The summed E-state index contributed by atoms with van der Waals surface area (Å²) in [5.74, 6) is 1.99. The van der Waals surface area contributed by atoms with E-state index in [1.165, 1.54) is 31.2 Å². The van der Waals surface area contributed by atoms with E-state index in [1.54, 1.807) is 11.8 Å². The van der Waals surface area contributed by atoms with Gasteiger partial charge < -0.3 is 9.80 Å². The van der Waals surface area contributed by atoms with E-state index in [2.05, 4.69) is 46.0 Å². The average Bonchev–Trinajstić information content (AvgIpc) is 3.35. The first-order chi connectivity index (χ1) is 19.5. The van der Waals surface area contributed by atoms with Crippen molar-refractivity contribution in [2.24, 2.45) is 0 Å². The number of benzene rings is 2. The summed E-state index contributed by atoms with van der Waals surface area (Å²) < 4.78 is 2.07. The summed E-state index contributed by atoms with van der Waals surface area (Å²) in [6.45, 7) is 7.99. The summed E-state index contributed by atoms with van der Waals surface area (Å²) in [4.78, 5) is 29.9. The van der Waals surface area contributed by atoms with E-state index < -0.39 is 0 Å². The number of rotatable bonds is 13. The van der Waals surface area contributed by atoms with E-state index in [4.69, 9.17) is 0 Å². The third-order valence-corrected chi connectivity index (χ3v) is 8.60. The summed E-state index contributed by atoms with van der Waals surface area (Å²) in [5.41, 5.74) is 3.09. The largest absolute Gasteiger partial charge is 0.339 e. The summed E-state index contributed by atoms with van der Waals surface area (Å²) >= 11 is 1.68. The Labute approximate surface area is 243 Å². The molecule has 214 valence electrons. The molecule has 0 N–H and O–H groups in total. The third-order valence-electron chi connectivity index (χ3n) is 7.59. The van der Waals surface area contributed by atoms with Crippen LogP contribution >= 0.6 is 11.8 Å². The molecule has 2 aromatic carbocycles. The van der Waals surface area contributed by atoms with Crippen LogP contribution in [0.3, 0.4) is 0 Å². The number of hydrogen-bond donors (Lipinski definition) is 0. The molecule has 0 aliphatic carbocycles. The lowest BCUT2D eigenvalue weighted by Gasteiger charge is -2.40. The van der Waals surface area contributed by atoms with Crippen LogP contribution in [-0.2, 0) is 11.2 Å². The molecule has 1 aliphatic rings. The molecule has 40 heavy (non-hydrogen) atoms. The van der Waals surface area contributed by atoms with Crippen LogP contribution in [0.4, 0.5) is 0 Å². The SMILES string of the molecule is CCCCCCc1ccc(C(=O)N2CCN(C(=O)CCCCSc3nnc(C)n3-c3ccccc3)CC2C)cc1. The number of amides is 2. The van der Waals surface area contributed by atoms with Crippen LogP contribution < -0.4 is 0 Å². The summed E-state index contributed by atoms with van der Waals surface area (Å²) in [6.07, 6.45) is 8.35. The van der Waals surface area contributed by atoms with Gasteiger partial charge in [0.1, 0.15) is 5.82 Å². The van der Waals surface area contributed by atoms with Crippen LogP contribution in [0.15, 0.2) is 59.8 Å². The molecule has 1 unspecified atom stereocenters.